The summed E-state index contributed by atoms with van der Waals surface area (Å²) in [6, 6.07) is 4.81. The molecule has 17 heavy (non-hydrogen) atoms. The fourth-order valence-corrected chi connectivity index (χ4v) is 1.97. The zero-order valence-corrected chi connectivity index (χ0v) is 12.0. The lowest BCUT2D eigenvalue weighted by Crippen LogP contribution is -2.33. The van der Waals surface area contributed by atoms with Crippen LogP contribution in [-0.2, 0) is 0 Å². The van der Waals surface area contributed by atoms with Gasteiger partial charge in [0.2, 0.25) is 0 Å². The molecule has 1 rings (SSSR count). The number of amides is 1. The first-order chi connectivity index (χ1) is 8.10. The van der Waals surface area contributed by atoms with Crippen LogP contribution < -0.4 is 0 Å². The quantitative estimate of drug-likeness (QED) is 0.846. The SMILES string of the molecule is CCCN(CCCl)C(=O)c1ccc(Br)c(O)c1. The van der Waals surface area contributed by atoms with Crippen molar-refractivity contribution >= 4 is 33.4 Å². The predicted octanol–water partition coefficient (Wildman–Crippen LogP) is 3.25. The van der Waals surface area contributed by atoms with Crippen LogP contribution in [0.25, 0.3) is 0 Å². The topological polar surface area (TPSA) is 40.5 Å². The molecule has 0 bridgehead atoms. The third-order valence-electron chi connectivity index (χ3n) is 2.33. The summed E-state index contributed by atoms with van der Waals surface area (Å²) in [7, 11) is 0. The lowest BCUT2D eigenvalue weighted by molar-refractivity contribution is 0.0765. The minimum absolute atomic E-state index is 0.0678. The van der Waals surface area contributed by atoms with Crippen LogP contribution in [0.4, 0.5) is 0 Å². The maximum atomic E-state index is 12.1. The van der Waals surface area contributed by atoms with Crippen molar-refractivity contribution < 1.29 is 9.90 Å². The van der Waals surface area contributed by atoms with Gasteiger partial charge in [0.25, 0.3) is 5.91 Å². The number of nitrogens with zero attached hydrogens (tertiary/aromatic N) is 1. The van der Waals surface area contributed by atoms with Crippen molar-refractivity contribution in [3.63, 3.8) is 0 Å². The number of phenols is 1. The first kappa shape index (κ1) is 14.3. The van der Waals surface area contributed by atoms with Gasteiger partial charge >= 0.3 is 0 Å². The van der Waals surface area contributed by atoms with Crippen LogP contribution in [0.3, 0.4) is 0 Å². The van der Waals surface area contributed by atoms with Gasteiger partial charge < -0.3 is 10.0 Å². The van der Waals surface area contributed by atoms with Crippen LogP contribution in [0.15, 0.2) is 22.7 Å². The monoisotopic (exact) mass is 319 g/mol. The predicted molar refractivity (Wildman–Crippen MR) is 72.7 cm³/mol. The molecule has 0 fully saturated rings. The Morgan fingerprint density at radius 2 is 2.18 bits per heavy atom. The molecule has 1 N–H and O–H groups in total. The van der Waals surface area contributed by atoms with Crippen molar-refractivity contribution in [1.29, 1.82) is 0 Å². The highest BCUT2D eigenvalue weighted by atomic mass is 79.9. The number of aromatic hydroxyl groups is 1. The van der Waals surface area contributed by atoms with Gasteiger partial charge in [-0.3, -0.25) is 4.79 Å². The van der Waals surface area contributed by atoms with Gasteiger partial charge in [-0.2, -0.15) is 0 Å². The number of benzene rings is 1. The molecule has 0 aromatic heterocycles. The first-order valence-corrected chi connectivity index (χ1v) is 6.76. The third-order valence-corrected chi connectivity index (χ3v) is 3.17. The van der Waals surface area contributed by atoms with Gasteiger partial charge in [0.15, 0.2) is 0 Å². The van der Waals surface area contributed by atoms with E-state index in [2.05, 4.69) is 15.9 Å². The minimum Gasteiger partial charge on any atom is -0.507 e. The zero-order chi connectivity index (χ0) is 12.8. The third kappa shape index (κ3) is 3.89. The highest BCUT2D eigenvalue weighted by Gasteiger charge is 2.15. The first-order valence-electron chi connectivity index (χ1n) is 5.44. The molecule has 1 aromatic rings. The van der Waals surface area contributed by atoms with Crippen molar-refractivity contribution in [2.45, 2.75) is 13.3 Å². The van der Waals surface area contributed by atoms with Crippen LogP contribution >= 0.6 is 27.5 Å². The van der Waals surface area contributed by atoms with E-state index >= 15 is 0 Å². The van der Waals surface area contributed by atoms with Crippen LogP contribution in [0.1, 0.15) is 23.7 Å². The van der Waals surface area contributed by atoms with E-state index in [1.807, 2.05) is 6.92 Å². The number of rotatable bonds is 5. The van der Waals surface area contributed by atoms with E-state index in [1.54, 1.807) is 17.0 Å². The Morgan fingerprint density at radius 1 is 1.47 bits per heavy atom. The summed E-state index contributed by atoms with van der Waals surface area (Å²) in [4.78, 5) is 13.8. The zero-order valence-electron chi connectivity index (χ0n) is 9.62. The maximum Gasteiger partial charge on any atom is 0.254 e. The lowest BCUT2D eigenvalue weighted by atomic mass is 10.2. The molecule has 0 saturated carbocycles. The Morgan fingerprint density at radius 3 is 2.71 bits per heavy atom. The second-order valence-corrected chi connectivity index (χ2v) is 4.88. The Bertz CT molecular complexity index is 392. The molecule has 0 aliphatic heterocycles. The minimum atomic E-state index is -0.102. The van der Waals surface area contributed by atoms with Gasteiger partial charge in [-0.15, -0.1) is 11.6 Å². The Kier molecular flexibility index (Phi) is 5.78. The highest BCUT2D eigenvalue weighted by Crippen LogP contribution is 2.24. The Labute approximate surface area is 115 Å². The molecule has 3 nitrogen and oxygen atoms in total. The molecule has 1 aromatic carbocycles. The van der Waals surface area contributed by atoms with Gasteiger partial charge in [0.1, 0.15) is 5.75 Å². The van der Waals surface area contributed by atoms with E-state index in [0.717, 1.165) is 6.42 Å². The average molecular weight is 321 g/mol. The van der Waals surface area contributed by atoms with E-state index in [1.165, 1.54) is 6.07 Å². The molecule has 0 heterocycles. The number of hydrogen-bond acceptors (Lipinski definition) is 2. The summed E-state index contributed by atoms with van der Waals surface area (Å²) in [5.74, 6) is 0.377. The Hall–Kier alpha value is -0.740. The molecule has 0 radical (unpaired) electrons. The number of halogens is 2. The van der Waals surface area contributed by atoms with Crippen molar-refractivity contribution in [3.8, 4) is 5.75 Å². The molecule has 94 valence electrons. The van der Waals surface area contributed by atoms with Crippen molar-refractivity contribution in [1.82, 2.24) is 4.90 Å². The fourth-order valence-electron chi connectivity index (χ4n) is 1.52. The fraction of sp³-hybridized carbons (Fsp3) is 0.417. The largest absolute Gasteiger partial charge is 0.507 e. The van der Waals surface area contributed by atoms with Crippen LogP contribution in [0.2, 0.25) is 0 Å². The molecular weight excluding hydrogens is 305 g/mol. The van der Waals surface area contributed by atoms with Gasteiger partial charge in [-0.1, -0.05) is 6.92 Å². The Balaban J connectivity index is 2.88. The summed E-state index contributed by atoms with van der Waals surface area (Å²) in [6.07, 6.45) is 0.880. The smallest absolute Gasteiger partial charge is 0.254 e. The van der Waals surface area contributed by atoms with Gasteiger partial charge in [0, 0.05) is 24.5 Å². The molecule has 1 amide bonds. The summed E-state index contributed by atoms with van der Waals surface area (Å²) < 4.78 is 0.577. The summed E-state index contributed by atoms with van der Waals surface area (Å²) in [5.41, 5.74) is 0.476. The second-order valence-electron chi connectivity index (χ2n) is 3.65. The molecule has 0 unspecified atom stereocenters. The maximum absolute atomic E-state index is 12.1. The number of carbonyl (C=O) groups is 1. The molecule has 0 saturated heterocycles. The molecule has 0 atom stereocenters. The van der Waals surface area contributed by atoms with Gasteiger partial charge in [0.05, 0.1) is 4.47 Å². The van der Waals surface area contributed by atoms with Crippen LogP contribution in [0.5, 0.6) is 5.75 Å². The number of alkyl halides is 1. The second kappa shape index (κ2) is 6.87. The van der Waals surface area contributed by atoms with Crippen molar-refractivity contribution in [2.75, 3.05) is 19.0 Å². The van der Waals surface area contributed by atoms with E-state index in [-0.39, 0.29) is 11.7 Å². The number of phenolic OH excluding ortho intramolecular Hbond substituents is 1. The van der Waals surface area contributed by atoms with Crippen LogP contribution in [-0.4, -0.2) is 34.9 Å². The van der Waals surface area contributed by atoms with Gasteiger partial charge in [-0.25, -0.2) is 0 Å². The molecule has 0 aliphatic carbocycles. The number of carbonyl (C=O) groups excluding carboxylic acids is 1. The van der Waals surface area contributed by atoms with E-state index in [0.29, 0.717) is 29.0 Å². The lowest BCUT2D eigenvalue weighted by Gasteiger charge is -2.21. The number of hydrogen-bond donors (Lipinski definition) is 1. The summed E-state index contributed by atoms with van der Waals surface area (Å²) in [5, 5.41) is 9.55. The molecular formula is C12H15BrClNO2. The van der Waals surface area contributed by atoms with Crippen LogP contribution in [0, 0.1) is 0 Å². The normalized spacial score (nSPS) is 10.3. The van der Waals surface area contributed by atoms with Crippen molar-refractivity contribution in [2.24, 2.45) is 0 Å². The summed E-state index contributed by atoms with van der Waals surface area (Å²) in [6.45, 7) is 3.20. The van der Waals surface area contributed by atoms with E-state index < -0.39 is 0 Å². The summed E-state index contributed by atoms with van der Waals surface area (Å²) >= 11 is 8.85. The molecule has 0 spiro atoms. The average Bonchev–Trinajstić information content (AvgIpc) is 2.31. The van der Waals surface area contributed by atoms with E-state index in [9.17, 15) is 9.90 Å². The van der Waals surface area contributed by atoms with Gasteiger partial charge in [-0.05, 0) is 40.5 Å². The highest BCUT2D eigenvalue weighted by molar-refractivity contribution is 9.10. The standard InChI is InChI=1S/C12H15BrClNO2/c1-2-6-15(7-5-14)12(17)9-3-4-10(13)11(16)8-9/h3-4,8,16H,2,5-7H2,1H3. The van der Waals surface area contributed by atoms with E-state index in [4.69, 9.17) is 11.6 Å². The molecule has 0 aliphatic rings. The molecule has 5 heteroatoms. The van der Waals surface area contributed by atoms with Crippen molar-refractivity contribution in [3.05, 3.63) is 28.2 Å².